The van der Waals surface area contributed by atoms with Crippen molar-refractivity contribution in [1.82, 2.24) is 19.5 Å². The van der Waals surface area contributed by atoms with Gasteiger partial charge in [-0.3, -0.25) is 0 Å². The van der Waals surface area contributed by atoms with Crippen molar-refractivity contribution < 1.29 is 0 Å². The predicted molar refractivity (Wildman–Crippen MR) is 306 cm³/mol. The molecule has 0 radical (unpaired) electrons. The molecule has 1 aliphatic heterocycles. The van der Waals surface area contributed by atoms with E-state index in [9.17, 15) is 0 Å². The average molecular weight is 971 g/mol. The first-order valence-electron chi connectivity index (χ1n) is 26.7. The molecule has 11 aromatic rings. The van der Waals surface area contributed by atoms with Crippen molar-refractivity contribution >= 4 is 31.8 Å². The minimum absolute atomic E-state index is 0.0179. The highest BCUT2D eigenvalue weighted by atomic mass is 32.3. The Balaban J connectivity index is 0.906. The molecule has 0 saturated heterocycles. The molecule has 9 aromatic carbocycles. The van der Waals surface area contributed by atoms with Crippen molar-refractivity contribution in [2.75, 3.05) is 12.5 Å². The van der Waals surface area contributed by atoms with Gasteiger partial charge in [-0.2, -0.15) is 10.0 Å². The summed E-state index contributed by atoms with van der Waals surface area (Å²) in [5, 5.41) is 2.48. The molecule has 356 valence electrons. The number of rotatable bonds is 6. The molecule has 4 bridgehead atoms. The summed E-state index contributed by atoms with van der Waals surface area (Å²) in [5.41, 5.74) is 20.0. The first-order valence-corrected chi connectivity index (χ1v) is 29.1. The van der Waals surface area contributed by atoms with Crippen molar-refractivity contribution in [2.45, 2.75) is 47.3 Å². The topological polar surface area (TPSA) is 43.6 Å². The van der Waals surface area contributed by atoms with Gasteiger partial charge >= 0.3 is 0 Å². The summed E-state index contributed by atoms with van der Waals surface area (Å²) in [5.74, 6) is 5.08. The SMILES string of the molecule is CS1(C)c2ccccc2-c2cc(-c3c(-c4nc(-c5ccccc5)nc(-c5ccc(-c6cccc7c6c6ccccc6n7-c6ccccc6)cc5)n4)ccc4c3-c3ccccc3C43C4CC5CC(C4)CC3C5)ccc21. The van der Waals surface area contributed by atoms with E-state index in [4.69, 9.17) is 15.0 Å². The maximum Gasteiger partial charge on any atom is 0.164 e. The zero-order chi connectivity index (χ0) is 48.9. The van der Waals surface area contributed by atoms with Crippen LogP contribution in [0.2, 0.25) is 0 Å². The lowest BCUT2D eigenvalue weighted by atomic mass is 9.43. The van der Waals surface area contributed by atoms with E-state index in [0.29, 0.717) is 29.3 Å². The Hall–Kier alpha value is -7.86. The van der Waals surface area contributed by atoms with Gasteiger partial charge in [0, 0.05) is 53.9 Å². The van der Waals surface area contributed by atoms with Crippen LogP contribution in [-0.4, -0.2) is 32.0 Å². The van der Waals surface area contributed by atoms with Gasteiger partial charge in [-0.05, 0) is 161 Å². The van der Waals surface area contributed by atoms with E-state index in [1.165, 1.54) is 108 Å². The highest BCUT2D eigenvalue weighted by Crippen LogP contribution is 2.71. The summed E-state index contributed by atoms with van der Waals surface area (Å²) in [6, 6.07) is 76.5. The number of hydrogen-bond acceptors (Lipinski definition) is 3. The van der Waals surface area contributed by atoms with Crippen LogP contribution < -0.4 is 0 Å². The molecule has 5 heteroatoms. The summed E-state index contributed by atoms with van der Waals surface area (Å²) in [6.07, 6.45) is 11.7. The van der Waals surface area contributed by atoms with Crippen LogP contribution in [0.15, 0.2) is 216 Å². The molecule has 4 nitrogen and oxygen atoms in total. The number of aromatic nitrogens is 4. The van der Waals surface area contributed by atoms with E-state index in [1.54, 1.807) is 5.56 Å². The van der Waals surface area contributed by atoms with Crippen molar-refractivity contribution in [3.8, 4) is 84.4 Å². The first-order chi connectivity index (χ1) is 36.4. The van der Waals surface area contributed by atoms with E-state index >= 15 is 0 Å². The lowest BCUT2D eigenvalue weighted by molar-refractivity contribution is -0.0399. The standard InChI is InChI=1S/C69H54N4S/c1-74(2)61-27-14-11-20-52(61)56-41-47(32-35-62(56)74)63-55(33-34-58-65(63)53-21-9-12-24-57(53)69(58)48-37-42-36-43(39-48)40-49(69)38-42)68-71-66(45-16-5-3-6-17-45)70-67(72-68)46-30-28-44(29-31-46)51-23-15-26-60-64(51)54-22-10-13-25-59(54)73(60)50-18-7-4-8-19-50/h3-35,41-43,48-49H,36-40H2,1-2H3. The normalized spacial score (nSPS) is 21.7. The Morgan fingerprint density at radius 1 is 0.405 bits per heavy atom. The Kier molecular flexibility index (Phi) is 9.11. The molecule has 17 rings (SSSR count). The molecule has 0 amide bonds. The van der Waals surface area contributed by atoms with Crippen LogP contribution >= 0.6 is 10.0 Å². The summed E-state index contributed by atoms with van der Waals surface area (Å²) >= 11 is 0. The number of hydrogen-bond donors (Lipinski definition) is 0. The minimum atomic E-state index is -1.18. The molecule has 5 aliphatic carbocycles. The van der Waals surface area contributed by atoms with Crippen LogP contribution in [0.1, 0.15) is 43.2 Å². The van der Waals surface area contributed by atoms with Crippen LogP contribution in [0, 0.1) is 23.7 Å². The van der Waals surface area contributed by atoms with Crippen LogP contribution in [0.5, 0.6) is 0 Å². The number of para-hydroxylation sites is 2. The van der Waals surface area contributed by atoms with Gasteiger partial charge < -0.3 is 4.57 Å². The van der Waals surface area contributed by atoms with E-state index in [-0.39, 0.29) is 5.41 Å². The molecular weight excluding hydrogens is 917 g/mol. The van der Waals surface area contributed by atoms with Gasteiger partial charge in [-0.15, -0.1) is 0 Å². The van der Waals surface area contributed by atoms with E-state index < -0.39 is 10.0 Å². The van der Waals surface area contributed by atoms with Crippen LogP contribution in [0.25, 0.3) is 106 Å². The zero-order valence-electron chi connectivity index (χ0n) is 41.7. The van der Waals surface area contributed by atoms with Crippen LogP contribution in [-0.2, 0) is 5.41 Å². The quantitative estimate of drug-likeness (QED) is 0.167. The highest BCUT2D eigenvalue weighted by molar-refractivity contribution is 8.33. The average Bonchev–Trinajstić information content (AvgIpc) is 4.06. The van der Waals surface area contributed by atoms with E-state index in [0.717, 1.165) is 39.8 Å². The largest absolute Gasteiger partial charge is 0.309 e. The second-order valence-electron chi connectivity index (χ2n) is 22.3. The monoisotopic (exact) mass is 970 g/mol. The Morgan fingerprint density at radius 3 is 1.76 bits per heavy atom. The minimum Gasteiger partial charge on any atom is -0.309 e. The van der Waals surface area contributed by atoms with E-state index in [1.807, 2.05) is 0 Å². The molecule has 6 aliphatic rings. The highest BCUT2D eigenvalue weighted by Gasteiger charge is 2.62. The number of nitrogens with zero attached hydrogens (tertiary/aromatic N) is 4. The van der Waals surface area contributed by atoms with Crippen molar-refractivity contribution in [3.63, 3.8) is 0 Å². The van der Waals surface area contributed by atoms with Gasteiger partial charge in [0.15, 0.2) is 17.5 Å². The third-order valence-electron chi connectivity index (χ3n) is 18.3. The number of fused-ring (bicyclic) bond motifs is 9. The summed E-state index contributed by atoms with van der Waals surface area (Å²) in [7, 11) is -1.18. The van der Waals surface area contributed by atoms with Crippen molar-refractivity contribution in [1.29, 1.82) is 0 Å². The Bertz CT molecular complexity index is 4090. The van der Waals surface area contributed by atoms with Gasteiger partial charge in [0.25, 0.3) is 0 Å². The third kappa shape index (κ3) is 5.96. The predicted octanol–water partition coefficient (Wildman–Crippen LogP) is 17.5. The smallest absolute Gasteiger partial charge is 0.164 e. The van der Waals surface area contributed by atoms with E-state index in [2.05, 4.69) is 223 Å². The second kappa shape index (κ2) is 15.8. The fourth-order valence-electron chi connectivity index (χ4n) is 15.6. The molecule has 3 heterocycles. The lowest BCUT2D eigenvalue weighted by Crippen LogP contribution is -2.55. The molecule has 4 fully saturated rings. The fraction of sp³-hybridized carbons (Fsp3) is 0.174. The molecule has 0 atom stereocenters. The molecule has 2 aromatic heterocycles. The summed E-state index contributed by atoms with van der Waals surface area (Å²) < 4.78 is 2.39. The first kappa shape index (κ1) is 42.6. The fourth-order valence-corrected chi connectivity index (χ4v) is 18.1. The van der Waals surface area contributed by atoms with Gasteiger partial charge in [-0.25, -0.2) is 15.0 Å². The molecule has 1 spiro atoms. The van der Waals surface area contributed by atoms with Crippen molar-refractivity contribution in [3.05, 3.63) is 217 Å². The van der Waals surface area contributed by atoms with Gasteiger partial charge in [0.05, 0.1) is 11.0 Å². The van der Waals surface area contributed by atoms with Crippen molar-refractivity contribution in [2.24, 2.45) is 23.7 Å². The maximum atomic E-state index is 5.58. The Morgan fingerprint density at radius 2 is 0.986 bits per heavy atom. The van der Waals surface area contributed by atoms with Gasteiger partial charge in [-0.1, -0.05) is 164 Å². The summed E-state index contributed by atoms with van der Waals surface area (Å²) in [4.78, 5) is 19.4. The molecule has 0 N–H and O–H groups in total. The van der Waals surface area contributed by atoms with Gasteiger partial charge in [0.1, 0.15) is 0 Å². The molecule has 0 unspecified atom stereocenters. The number of benzene rings is 9. The molecule has 4 saturated carbocycles. The Labute approximate surface area is 434 Å². The second-order valence-corrected chi connectivity index (χ2v) is 25.8. The van der Waals surface area contributed by atoms with Crippen LogP contribution in [0.4, 0.5) is 0 Å². The van der Waals surface area contributed by atoms with Gasteiger partial charge in [0.2, 0.25) is 0 Å². The molecular formula is C69H54N4S. The zero-order valence-corrected chi connectivity index (χ0v) is 42.5. The van der Waals surface area contributed by atoms with Crippen LogP contribution in [0.3, 0.4) is 0 Å². The molecule has 74 heavy (non-hydrogen) atoms. The maximum absolute atomic E-state index is 5.58. The third-order valence-corrected chi connectivity index (χ3v) is 21.2. The lowest BCUT2D eigenvalue weighted by Gasteiger charge is -2.61. The summed E-state index contributed by atoms with van der Waals surface area (Å²) in [6.45, 7) is 0.